The van der Waals surface area contributed by atoms with Gasteiger partial charge in [-0.1, -0.05) is 13.8 Å². The maximum absolute atomic E-state index is 11.0. The molecule has 3 nitrogen and oxygen atoms in total. The van der Waals surface area contributed by atoms with Crippen LogP contribution in [-0.2, 0) is 4.79 Å². The Kier molecular flexibility index (Phi) is 2.88. The van der Waals surface area contributed by atoms with Crippen molar-refractivity contribution in [2.45, 2.75) is 26.3 Å². The molecule has 1 rings (SSSR count). The van der Waals surface area contributed by atoms with Gasteiger partial charge in [0.1, 0.15) is 0 Å². The van der Waals surface area contributed by atoms with Gasteiger partial charge in [0.2, 0.25) is 5.91 Å². The third-order valence-electron chi connectivity index (χ3n) is 2.06. The van der Waals surface area contributed by atoms with Crippen LogP contribution in [0.25, 0.3) is 0 Å². The van der Waals surface area contributed by atoms with Crippen LogP contribution in [0.1, 0.15) is 20.3 Å². The van der Waals surface area contributed by atoms with Crippen molar-refractivity contribution >= 4 is 5.91 Å². The van der Waals surface area contributed by atoms with Gasteiger partial charge < -0.3 is 10.6 Å². The van der Waals surface area contributed by atoms with Gasteiger partial charge in [0.05, 0.1) is 0 Å². The Bertz CT molecular complexity index is 145. The van der Waals surface area contributed by atoms with Crippen molar-refractivity contribution in [1.29, 1.82) is 0 Å². The van der Waals surface area contributed by atoms with Crippen LogP contribution in [0.3, 0.4) is 0 Å². The predicted molar refractivity (Wildman–Crippen MR) is 44.3 cm³/mol. The molecule has 1 atom stereocenters. The number of amides is 1. The summed E-state index contributed by atoms with van der Waals surface area (Å²) >= 11 is 0. The normalized spacial score (nSPS) is 26.5. The second-order valence-electron chi connectivity index (χ2n) is 3.36. The summed E-state index contributed by atoms with van der Waals surface area (Å²) in [4.78, 5) is 11.0. The molecule has 1 aliphatic rings. The average molecular weight is 156 g/mol. The Morgan fingerprint density at radius 3 is 2.82 bits per heavy atom. The fourth-order valence-electron chi connectivity index (χ4n) is 1.27. The molecule has 0 spiro atoms. The summed E-state index contributed by atoms with van der Waals surface area (Å²) in [5.41, 5.74) is 0. The van der Waals surface area contributed by atoms with E-state index in [1.807, 2.05) is 0 Å². The molecule has 0 aromatic carbocycles. The largest absolute Gasteiger partial charge is 0.355 e. The first-order valence-electron chi connectivity index (χ1n) is 4.20. The van der Waals surface area contributed by atoms with Gasteiger partial charge in [-0.2, -0.15) is 0 Å². The van der Waals surface area contributed by atoms with Crippen LogP contribution in [0.2, 0.25) is 0 Å². The zero-order valence-electron chi connectivity index (χ0n) is 7.18. The minimum atomic E-state index is 0.175. The second kappa shape index (κ2) is 3.72. The van der Waals surface area contributed by atoms with Crippen LogP contribution in [0.5, 0.6) is 0 Å². The number of carbonyl (C=O) groups excluding carboxylic acids is 1. The van der Waals surface area contributed by atoms with Gasteiger partial charge in [-0.05, 0) is 5.92 Å². The van der Waals surface area contributed by atoms with E-state index in [-0.39, 0.29) is 5.91 Å². The highest BCUT2D eigenvalue weighted by molar-refractivity contribution is 5.76. The molecule has 0 saturated carbocycles. The van der Waals surface area contributed by atoms with Gasteiger partial charge in [0.15, 0.2) is 0 Å². The lowest BCUT2D eigenvalue weighted by atomic mass is 10.0. The highest BCUT2D eigenvalue weighted by Crippen LogP contribution is 2.06. The molecule has 1 aliphatic heterocycles. The molecule has 0 aromatic heterocycles. The zero-order chi connectivity index (χ0) is 8.27. The van der Waals surface area contributed by atoms with E-state index in [0.717, 1.165) is 13.1 Å². The molecular formula is C8H16N2O. The van der Waals surface area contributed by atoms with Crippen LogP contribution >= 0.6 is 0 Å². The Labute approximate surface area is 67.5 Å². The minimum absolute atomic E-state index is 0.175. The van der Waals surface area contributed by atoms with E-state index in [1.165, 1.54) is 0 Å². The van der Waals surface area contributed by atoms with Crippen molar-refractivity contribution in [2.24, 2.45) is 5.92 Å². The molecule has 1 heterocycles. The molecule has 0 aliphatic carbocycles. The second-order valence-corrected chi connectivity index (χ2v) is 3.36. The lowest BCUT2D eigenvalue weighted by Crippen LogP contribution is -2.34. The molecule has 0 bridgehead atoms. The summed E-state index contributed by atoms with van der Waals surface area (Å²) < 4.78 is 0. The summed E-state index contributed by atoms with van der Waals surface area (Å²) in [6.45, 7) is 5.93. The first-order chi connectivity index (χ1) is 5.20. The molecular weight excluding hydrogens is 140 g/mol. The van der Waals surface area contributed by atoms with Gasteiger partial charge in [-0.3, -0.25) is 4.79 Å². The standard InChI is InChI=1S/C8H16N2O/c1-6(2)7-5-8(11)10-4-3-9-7/h6-7,9H,3-5H2,1-2H3,(H,10,11). The van der Waals surface area contributed by atoms with Crippen LogP contribution in [0, 0.1) is 5.92 Å². The monoisotopic (exact) mass is 156 g/mol. The lowest BCUT2D eigenvalue weighted by Gasteiger charge is -2.17. The molecule has 64 valence electrons. The van der Waals surface area contributed by atoms with E-state index in [9.17, 15) is 4.79 Å². The number of carbonyl (C=O) groups is 1. The molecule has 3 heteroatoms. The number of hydrogen-bond acceptors (Lipinski definition) is 2. The average Bonchev–Trinajstić information content (AvgIpc) is 2.13. The summed E-state index contributed by atoms with van der Waals surface area (Å²) in [5, 5.41) is 6.16. The Morgan fingerprint density at radius 2 is 2.18 bits per heavy atom. The third kappa shape index (κ3) is 2.50. The first kappa shape index (κ1) is 8.53. The summed E-state index contributed by atoms with van der Waals surface area (Å²) in [6.07, 6.45) is 0.623. The van der Waals surface area contributed by atoms with Gasteiger partial charge in [-0.15, -0.1) is 0 Å². The summed E-state index contributed by atoms with van der Waals surface area (Å²) in [6, 6.07) is 0.359. The first-order valence-corrected chi connectivity index (χ1v) is 4.20. The minimum Gasteiger partial charge on any atom is -0.355 e. The van der Waals surface area contributed by atoms with Crippen molar-refractivity contribution in [2.75, 3.05) is 13.1 Å². The predicted octanol–water partition coefficient (Wildman–Crippen LogP) is 0.120. The van der Waals surface area contributed by atoms with E-state index in [4.69, 9.17) is 0 Å². The molecule has 0 aromatic rings. The van der Waals surface area contributed by atoms with E-state index in [2.05, 4.69) is 24.5 Å². The maximum atomic E-state index is 11.0. The molecule has 1 unspecified atom stereocenters. The topological polar surface area (TPSA) is 41.1 Å². The van der Waals surface area contributed by atoms with Gasteiger partial charge in [0, 0.05) is 25.6 Å². The van der Waals surface area contributed by atoms with Gasteiger partial charge in [-0.25, -0.2) is 0 Å². The van der Waals surface area contributed by atoms with Crippen LogP contribution in [-0.4, -0.2) is 25.0 Å². The van der Waals surface area contributed by atoms with E-state index < -0.39 is 0 Å². The quantitative estimate of drug-likeness (QED) is 0.566. The van der Waals surface area contributed by atoms with Crippen molar-refractivity contribution in [3.63, 3.8) is 0 Å². The van der Waals surface area contributed by atoms with Gasteiger partial charge >= 0.3 is 0 Å². The molecule has 1 fully saturated rings. The summed E-state index contributed by atoms with van der Waals surface area (Å²) in [7, 11) is 0. The van der Waals surface area contributed by atoms with Crippen LogP contribution in [0.15, 0.2) is 0 Å². The van der Waals surface area contributed by atoms with Crippen LogP contribution in [0.4, 0.5) is 0 Å². The fourth-order valence-corrected chi connectivity index (χ4v) is 1.27. The van der Waals surface area contributed by atoms with Gasteiger partial charge in [0.25, 0.3) is 0 Å². The fraction of sp³-hybridized carbons (Fsp3) is 0.875. The SMILES string of the molecule is CC(C)C1CC(=O)NCCN1. The molecule has 0 radical (unpaired) electrons. The van der Waals surface area contributed by atoms with E-state index in [1.54, 1.807) is 0 Å². The van der Waals surface area contributed by atoms with Crippen molar-refractivity contribution in [1.82, 2.24) is 10.6 Å². The van der Waals surface area contributed by atoms with Crippen molar-refractivity contribution < 1.29 is 4.79 Å². The molecule has 11 heavy (non-hydrogen) atoms. The van der Waals surface area contributed by atoms with Crippen LogP contribution < -0.4 is 10.6 Å². The Hall–Kier alpha value is -0.570. The van der Waals surface area contributed by atoms with Crippen molar-refractivity contribution in [3.8, 4) is 0 Å². The Morgan fingerprint density at radius 1 is 1.45 bits per heavy atom. The Balaban J connectivity index is 2.45. The smallest absolute Gasteiger partial charge is 0.221 e. The van der Waals surface area contributed by atoms with E-state index in [0.29, 0.717) is 18.4 Å². The van der Waals surface area contributed by atoms with Crippen molar-refractivity contribution in [3.05, 3.63) is 0 Å². The molecule has 2 N–H and O–H groups in total. The molecule has 1 amide bonds. The number of hydrogen-bond donors (Lipinski definition) is 2. The molecule has 1 saturated heterocycles. The lowest BCUT2D eigenvalue weighted by molar-refractivity contribution is -0.121. The van der Waals surface area contributed by atoms with E-state index >= 15 is 0 Å². The highest BCUT2D eigenvalue weighted by atomic mass is 16.1. The third-order valence-corrected chi connectivity index (χ3v) is 2.06. The maximum Gasteiger partial charge on any atom is 0.221 e. The number of rotatable bonds is 1. The number of nitrogens with one attached hydrogen (secondary N) is 2. The highest BCUT2D eigenvalue weighted by Gasteiger charge is 2.18. The zero-order valence-corrected chi connectivity index (χ0v) is 7.18. The summed E-state index contributed by atoms with van der Waals surface area (Å²) in [5.74, 6) is 0.715.